The maximum atomic E-state index is 12.5. The summed E-state index contributed by atoms with van der Waals surface area (Å²) < 4.78 is 0. The van der Waals surface area contributed by atoms with Crippen LogP contribution in [0, 0.1) is 5.92 Å². The first-order chi connectivity index (χ1) is 13.0. The zero-order chi connectivity index (χ0) is 19.2. The lowest BCUT2D eigenvalue weighted by atomic mass is 10.0. The molecule has 2 aromatic carbocycles. The number of thioether (sulfide) groups is 1. The van der Waals surface area contributed by atoms with Crippen LogP contribution in [0.5, 0.6) is 0 Å². The molecule has 0 aliphatic carbocycles. The minimum absolute atomic E-state index is 0.0309. The minimum Gasteiger partial charge on any atom is -0.380 e. The van der Waals surface area contributed by atoms with E-state index in [1.165, 1.54) is 11.8 Å². The van der Waals surface area contributed by atoms with Crippen LogP contribution in [0.1, 0.15) is 13.8 Å². The van der Waals surface area contributed by atoms with Gasteiger partial charge < -0.3 is 15.5 Å². The van der Waals surface area contributed by atoms with Crippen molar-refractivity contribution in [2.45, 2.75) is 24.8 Å². The third-order valence-electron chi connectivity index (χ3n) is 4.56. The van der Waals surface area contributed by atoms with Crippen molar-refractivity contribution in [3.8, 4) is 0 Å². The molecule has 0 spiro atoms. The number of nitrogens with zero attached hydrogens (tertiary/aromatic N) is 1. The first-order valence-electron chi connectivity index (χ1n) is 9.15. The van der Waals surface area contributed by atoms with Crippen LogP contribution in [0.3, 0.4) is 0 Å². The third-order valence-corrected chi connectivity index (χ3v) is 5.61. The Bertz CT molecular complexity index is 795. The number of para-hydroxylation sites is 2. The van der Waals surface area contributed by atoms with Crippen molar-refractivity contribution in [1.29, 1.82) is 0 Å². The maximum absolute atomic E-state index is 12.5. The quantitative estimate of drug-likeness (QED) is 0.769. The van der Waals surface area contributed by atoms with Crippen molar-refractivity contribution in [3.63, 3.8) is 0 Å². The van der Waals surface area contributed by atoms with Crippen molar-refractivity contribution in [3.05, 3.63) is 54.6 Å². The molecule has 0 bridgehead atoms. The van der Waals surface area contributed by atoms with Crippen LogP contribution in [-0.4, -0.2) is 36.7 Å². The Morgan fingerprint density at radius 2 is 1.81 bits per heavy atom. The number of rotatable bonds is 7. The van der Waals surface area contributed by atoms with Gasteiger partial charge in [-0.3, -0.25) is 9.59 Å². The lowest BCUT2D eigenvalue weighted by Crippen LogP contribution is -2.46. The summed E-state index contributed by atoms with van der Waals surface area (Å²) in [5.41, 5.74) is 1.85. The molecule has 3 rings (SSSR count). The average Bonchev–Trinajstić information content (AvgIpc) is 2.68. The van der Waals surface area contributed by atoms with Gasteiger partial charge in [0.25, 0.3) is 0 Å². The lowest BCUT2D eigenvalue weighted by molar-refractivity contribution is -0.123. The SMILES string of the molecule is CC(C)C(CNC(=O)CN1C(=O)CSc2ccccc21)Nc1ccccc1. The van der Waals surface area contributed by atoms with E-state index in [1.807, 2.05) is 54.6 Å². The molecular weight excluding hydrogens is 358 g/mol. The molecule has 0 saturated carbocycles. The molecule has 0 fully saturated rings. The van der Waals surface area contributed by atoms with Gasteiger partial charge in [-0.2, -0.15) is 0 Å². The number of carbonyl (C=O) groups excluding carboxylic acids is 2. The molecule has 1 atom stereocenters. The maximum Gasteiger partial charge on any atom is 0.240 e. The van der Waals surface area contributed by atoms with Crippen molar-refractivity contribution in [2.24, 2.45) is 5.92 Å². The number of nitrogens with one attached hydrogen (secondary N) is 2. The summed E-state index contributed by atoms with van der Waals surface area (Å²) in [5.74, 6) is 0.538. The van der Waals surface area contributed by atoms with Gasteiger partial charge >= 0.3 is 0 Å². The van der Waals surface area contributed by atoms with Gasteiger partial charge in [0.05, 0.1) is 11.4 Å². The van der Waals surface area contributed by atoms with E-state index in [4.69, 9.17) is 0 Å². The van der Waals surface area contributed by atoms with Gasteiger partial charge in [0.1, 0.15) is 6.54 Å². The largest absolute Gasteiger partial charge is 0.380 e. The molecule has 1 aliphatic heterocycles. The van der Waals surface area contributed by atoms with Crippen molar-refractivity contribution in [2.75, 3.05) is 29.1 Å². The Balaban J connectivity index is 1.59. The fraction of sp³-hybridized carbons (Fsp3) is 0.333. The van der Waals surface area contributed by atoms with E-state index in [0.29, 0.717) is 18.2 Å². The van der Waals surface area contributed by atoms with Crippen molar-refractivity contribution < 1.29 is 9.59 Å². The highest BCUT2D eigenvalue weighted by Gasteiger charge is 2.26. The first-order valence-corrected chi connectivity index (χ1v) is 10.1. The monoisotopic (exact) mass is 383 g/mol. The lowest BCUT2D eigenvalue weighted by Gasteiger charge is -2.29. The predicted octanol–water partition coefficient (Wildman–Crippen LogP) is 3.38. The molecule has 6 heteroatoms. The molecule has 2 N–H and O–H groups in total. The topological polar surface area (TPSA) is 61.4 Å². The number of carbonyl (C=O) groups is 2. The van der Waals surface area contributed by atoms with Crippen LogP contribution in [0.25, 0.3) is 0 Å². The van der Waals surface area contributed by atoms with Gasteiger partial charge in [-0.05, 0) is 30.2 Å². The number of hydrogen-bond donors (Lipinski definition) is 2. The highest BCUT2D eigenvalue weighted by molar-refractivity contribution is 8.00. The van der Waals surface area contributed by atoms with Crippen LogP contribution in [0.4, 0.5) is 11.4 Å². The Morgan fingerprint density at radius 3 is 2.56 bits per heavy atom. The summed E-state index contributed by atoms with van der Waals surface area (Å²) in [7, 11) is 0. The van der Waals surface area contributed by atoms with E-state index in [1.54, 1.807) is 4.90 Å². The molecule has 1 heterocycles. The van der Waals surface area contributed by atoms with Crippen LogP contribution >= 0.6 is 11.8 Å². The number of amides is 2. The third kappa shape index (κ3) is 5.04. The van der Waals surface area contributed by atoms with Gasteiger partial charge in [-0.15, -0.1) is 11.8 Å². The normalized spacial score (nSPS) is 14.6. The Hall–Kier alpha value is -2.47. The molecule has 27 heavy (non-hydrogen) atoms. The summed E-state index contributed by atoms with van der Waals surface area (Å²) in [6, 6.07) is 17.8. The fourth-order valence-electron chi connectivity index (χ4n) is 2.95. The van der Waals surface area contributed by atoms with Gasteiger partial charge in [-0.25, -0.2) is 0 Å². The van der Waals surface area contributed by atoms with Crippen LogP contribution in [0.2, 0.25) is 0 Å². The molecule has 2 aromatic rings. The van der Waals surface area contributed by atoms with E-state index in [2.05, 4.69) is 24.5 Å². The minimum atomic E-state index is -0.148. The van der Waals surface area contributed by atoms with Gasteiger partial charge in [-0.1, -0.05) is 44.2 Å². The molecular formula is C21H25N3O2S. The summed E-state index contributed by atoms with van der Waals surface area (Å²) in [4.78, 5) is 27.4. The number of hydrogen-bond acceptors (Lipinski definition) is 4. The second-order valence-electron chi connectivity index (χ2n) is 6.90. The molecule has 1 unspecified atom stereocenters. The number of anilines is 2. The van der Waals surface area contributed by atoms with E-state index in [0.717, 1.165) is 16.3 Å². The average molecular weight is 384 g/mol. The molecule has 0 radical (unpaired) electrons. The molecule has 2 amide bonds. The Morgan fingerprint density at radius 1 is 1.11 bits per heavy atom. The highest BCUT2D eigenvalue weighted by atomic mass is 32.2. The smallest absolute Gasteiger partial charge is 0.240 e. The summed E-state index contributed by atoms with van der Waals surface area (Å²) in [6.07, 6.45) is 0. The predicted molar refractivity (Wildman–Crippen MR) is 111 cm³/mol. The molecule has 5 nitrogen and oxygen atoms in total. The number of fused-ring (bicyclic) bond motifs is 1. The van der Waals surface area contributed by atoms with E-state index in [9.17, 15) is 9.59 Å². The second-order valence-corrected chi connectivity index (χ2v) is 7.92. The van der Waals surface area contributed by atoms with E-state index < -0.39 is 0 Å². The highest BCUT2D eigenvalue weighted by Crippen LogP contribution is 2.34. The van der Waals surface area contributed by atoms with Gasteiger partial charge in [0.15, 0.2) is 0 Å². The fourth-order valence-corrected chi connectivity index (χ4v) is 3.89. The molecule has 0 aromatic heterocycles. The van der Waals surface area contributed by atoms with Crippen LogP contribution in [0.15, 0.2) is 59.5 Å². The Kier molecular flexibility index (Phi) is 6.40. The van der Waals surface area contributed by atoms with Gasteiger partial charge in [0.2, 0.25) is 11.8 Å². The number of benzene rings is 2. The zero-order valence-electron chi connectivity index (χ0n) is 15.6. The van der Waals surface area contributed by atoms with Crippen LogP contribution < -0.4 is 15.5 Å². The van der Waals surface area contributed by atoms with E-state index >= 15 is 0 Å². The zero-order valence-corrected chi connectivity index (χ0v) is 16.5. The van der Waals surface area contributed by atoms with Gasteiger partial charge in [0, 0.05) is 23.2 Å². The summed E-state index contributed by atoms with van der Waals surface area (Å²) in [6.45, 7) is 4.79. The standard InChI is InChI=1S/C21H25N3O2S/c1-15(2)17(23-16-8-4-3-5-9-16)12-22-20(25)13-24-18-10-6-7-11-19(18)27-14-21(24)26/h3-11,15,17,23H,12-14H2,1-2H3,(H,22,25). The molecule has 1 aliphatic rings. The summed E-state index contributed by atoms with van der Waals surface area (Å²) >= 11 is 1.52. The molecule has 0 saturated heterocycles. The Labute approximate surface area is 164 Å². The molecule has 142 valence electrons. The second kappa shape index (κ2) is 8.95. The van der Waals surface area contributed by atoms with E-state index in [-0.39, 0.29) is 24.4 Å². The van der Waals surface area contributed by atoms with Crippen molar-refractivity contribution in [1.82, 2.24) is 5.32 Å². The summed E-state index contributed by atoms with van der Waals surface area (Å²) in [5, 5.41) is 6.44. The first kappa shape index (κ1) is 19.3. The van der Waals surface area contributed by atoms with Crippen molar-refractivity contribution >= 4 is 35.0 Å². The van der Waals surface area contributed by atoms with Crippen LogP contribution in [-0.2, 0) is 9.59 Å².